The number of hydrogen-bond donors (Lipinski definition) is 0. The van der Waals surface area contributed by atoms with Gasteiger partial charge in [0, 0.05) is 38.8 Å². The highest BCUT2D eigenvalue weighted by Gasteiger charge is 2.13. The first-order valence-electron chi connectivity index (χ1n) is 4.92. The number of hydrogen-bond acceptors (Lipinski definition) is 4. The quantitative estimate of drug-likeness (QED) is 0.469. The molecule has 0 unspecified atom stereocenters. The Labute approximate surface area is 85.1 Å². The second-order valence-electron chi connectivity index (χ2n) is 3.52. The van der Waals surface area contributed by atoms with E-state index in [0.29, 0.717) is 6.61 Å². The Morgan fingerprint density at radius 1 is 1.43 bits per heavy atom. The van der Waals surface area contributed by atoms with Crippen LogP contribution in [0.4, 0.5) is 0 Å². The van der Waals surface area contributed by atoms with Crippen molar-refractivity contribution in [1.82, 2.24) is 9.80 Å². The van der Waals surface area contributed by atoms with Crippen molar-refractivity contribution < 1.29 is 9.53 Å². The van der Waals surface area contributed by atoms with Crippen LogP contribution in [0, 0.1) is 0 Å². The lowest BCUT2D eigenvalue weighted by atomic mass is 10.3. The van der Waals surface area contributed by atoms with Crippen molar-refractivity contribution in [3.05, 3.63) is 12.7 Å². The lowest BCUT2D eigenvalue weighted by Crippen LogP contribution is -2.45. The Morgan fingerprint density at radius 2 is 2.07 bits per heavy atom. The maximum Gasteiger partial charge on any atom is 0.330 e. The van der Waals surface area contributed by atoms with E-state index in [-0.39, 0.29) is 5.97 Å². The first kappa shape index (κ1) is 11.2. The minimum atomic E-state index is -0.334. The molecule has 0 saturated carbocycles. The number of esters is 1. The summed E-state index contributed by atoms with van der Waals surface area (Å²) in [6.07, 6.45) is 1.20. The second kappa shape index (κ2) is 5.78. The van der Waals surface area contributed by atoms with Crippen LogP contribution in [0.3, 0.4) is 0 Å². The summed E-state index contributed by atoms with van der Waals surface area (Å²) in [6.45, 7) is 8.94. The highest BCUT2D eigenvalue weighted by Crippen LogP contribution is 1.98. The molecule has 4 nitrogen and oxygen atoms in total. The summed E-state index contributed by atoms with van der Waals surface area (Å²) in [5, 5.41) is 0. The molecule has 0 N–H and O–H groups in total. The summed E-state index contributed by atoms with van der Waals surface area (Å²) < 4.78 is 4.91. The summed E-state index contributed by atoms with van der Waals surface area (Å²) in [5.74, 6) is -0.334. The zero-order valence-electron chi connectivity index (χ0n) is 8.74. The van der Waals surface area contributed by atoms with Gasteiger partial charge in [0.1, 0.15) is 6.61 Å². The van der Waals surface area contributed by atoms with Crippen LogP contribution in [-0.2, 0) is 9.53 Å². The van der Waals surface area contributed by atoms with Crippen LogP contribution in [0.15, 0.2) is 12.7 Å². The molecule has 1 heterocycles. The molecular weight excluding hydrogens is 180 g/mol. The molecule has 0 aromatic carbocycles. The Morgan fingerprint density at radius 3 is 2.64 bits per heavy atom. The number of piperazine rings is 1. The Hall–Kier alpha value is -0.870. The van der Waals surface area contributed by atoms with Gasteiger partial charge < -0.3 is 9.64 Å². The molecule has 1 aliphatic heterocycles. The van der Waals surface area contributed by atoms with E-state index in [1.54, 1.807) is 0 Å². The predicted molar refractivity (Wildman–Crippen MR) is 55.1 cm³/mol. The van der Waals surface area contributed by atoms with Gasteiger partial charge in [0.15, 0.2) is 0 Å². The Bertz CT molecular complexity index is 198. The first-order valence-corrected chi connectivity index (χ1v) is 4.92. The zero-order valence-corrected chi connectivity index (χ0v) is 8.74. The Kier molecular flexibility index (Phi) is 4.62. The number of ether oxygens (including phenoxy) is 1. The van der Waals surface area contributed by atoms with Crippen LogP contribution < -0.4 is 0 Å². The maximum absolute atomic E-state index is 10.7. The van der Waals surface area contributed by atoms with Crippen LogP contribution in [0.2, 0.25) is 0 Å². The number of carbonyl (C=O) groups excluding carboxylic acids is 1. The van der Waals surface area contributed by atoms with Crippen molar-refractivity contribution >= 4 is 5.97 Å². The molecule has 4 heteroatoms. The third kappa shape index (κ3) is 3.89. The molecule has 14 heavy (non-hydrogen) atoms. The van der Waals surface area contributed by atoms with Crippen LogP contribution in [0.5, 0.6) is 0 Å². The lowest BCUT2D eigenvalue weighted by molar-refractivity contribution is -0.138. The molecule has 0 aromatic rings. The van der Waals surface area contributed by atoms with E-state index >= 15 is 0 Å². The van der Waals surface area contributed by atoms with Crippen molar-refractivity contribution in [2.45, 2.75) is 0 Å². The van der Waals surface area contributed by atoms with Gasteiger partial charge in [0.2, 0.25) is 0 Å². The highest BCUT2D eigenvalue weighted by atomic mass is 16.5. The van der Waals surface area contributed by atoms with Gasteiger partial charge in [-0.25, -0.2) is 4.79 Å². The summed E-state index contributed by atoms with van der Waals surface area (Å²) in [4.78, 5) is 15.3. The number of nitrogens with zero attached hydrogens (tertiary/aromatic N) is 2. The molecule has 0 spiro atoms. The molecule has 1 rings (SSSR count). The van der Waals surface area contributed by atoms with Crippen LogP contribution in [-0.4, -0.2) is 62.1 Å². The van der Waals surface area contributed by atoms with Crippen LogP contribution in [0.1, 0.15) is 0 Å². The molecule has 0 aromatic heterocycles. The minimum absolute atomic E-state index is 0.334. The maximum atomic E-state index is 10.7. The third-order valence-corrected chi connectivity index (χ3v) is 2.41. The Balaban J connectivity index is 2.07. The van der Waals surface area contributed by atoms with Crippen molar-refractivity contribution in [3.63, 3.8) is 0 Å². The van der Waals surface area contributed by atoms with Gasteiger partial charge in [0.05, 0.1) is 0 Å². The van der Waals surface area contributed by atoms with Gasteiger partial charge in [-0.15, -0.1) is 0 Å². The normalized spacial score (nSPS) is 19.2. The molecule has 0 bridgehead atoms. The minimum Gasteiger partial charge on any atom is -0.461 e. The summed E-state index contributed by atoms with van der Waals surface area (Å²) >= 11 is 0. The monoisotopic (exact) mass is 198 g/mol. The highest BCUT2D eigenvalue weighted by molar-refractivity contribution is 5.81. The smallest absolute Gasteiger partial charge is 0.330 e. The third-order valence-electron chi connectivity index (χ3n) is 2.41. The van der Waals surface area contributed by atoms with Gasteiger partial charge in [-0.2, -0.15) is 0 Å². The topological polar surface area (TPSA) is 32.8 Å². The molecule has 1 saturated heterocycles. The molecule has 0 aliphatic carbocycles. The van der Waals surface area contributed by atoms with E-state index < -0.39 is 0 Å². The van der Waals surface area contributed by atoms with Gasteiger partial charge in [-0.1, -0.05) is 6.58 Å². The van der Waals surface area contributed by atoms with Crippen molar-refractivity contribution in [2.75, 3.05) is 46.4 Å². The summed E-state index contributed by atoms with van der Waals surface area (Å²) in [7, 11) is 2.12. The van der Waals surface area contributed by atoms with E-state index in [1.165, 1.54) is 6.08 Å². The molecular formula is C10H18N2O2. The van der Waals surface area contributed by atoms with Crippen LogP contribution >= 0.6 is 0 Å². The molecule has 1 fully saturated rings. The van der Waals surface area contributed by atoms with E-state index in [4.69, 9.17) is 4.74 Å². The first-order chi connectivity index (χ1) is 6.72. The number of carbonyl (C=O) groups is 1. The average Bonchev–Trinajstić information content (AvgIpc) is 2.21. The van der Waals surface area contributed by atoms with E-state index in [1.807, 2.05) is 0 Å². The number of rotatable bonds is 4. The van der Waals surface area contributed by atoms with E-state index in [9.17, 15) is 4.79 Å². The van der Waals surface area contributed by atoms with Gasteiger partial charge >= 0.3 is 5.97 Å². The van der Waals surface area contributed by atoms with Crippen molar-refractivity contribution in [1.29, 1.82) is 0 Å². The van der Waals surface area contributed by atoms with Crippen LogP contribution in [0.25, 0.3) is 0 Å². The second-order valence-corrected chi connectivity index (χ2v) is 3.52. The molecule has 80 valence electrons. The summed E-state index contributed by atoms with van der Waals surface area (Å²) in [6, 6.07) is 0. The van der Waals surface area contributed by atoms with Crippen molar-refractivity contribution in [3.8, 4) is 0 Å². The zero-order chi connectivity index (χ0) is 10.4. The fraction of sp³-hybridized carbons (Fsp3) is 0.700. The average molecular weight is 198 g/mol. The van der Waals surface area contributed by atoms with E-state index in [2.05, 4.69) is 23.4 Å². The van der Waals surface area contributed by atoms with Gasteiger partial charge in [0.25, 0.3) is 0 Å². The lowest BCUT2D eigenvalue weighted by Gasteiger charge is -2.31. The van der Waals surface area contributed by atoms with E-state index in [0.717, 1.165) is 32.7 Å². The molecule has 0 radical (unpaired) electrons. The number of likely N-dealkylation sites (N-methyl/N-ethyl adjacent to an activating group) is 1. The predicted octanol–water partition coefficient (Wildman–Crippen LogP) is -0.0370. The SMILES string of the molecule is C=CC(=O)OCCN1CCN(C)CC1. The molecule has 0 atom stereocenters. The molecule has 0 amide bonds. The van der Waals surface area contributed by atoms with Gasteiger partial charge in [-0.3, -0.25) is 4.90 Å². The van der Waals surface area contributed by atoms with Gasteiger partial charge in [-0.05, 0) is 7.05 Å². The largest absolute Gasteiger partial charge is 0.461 e. The molecule has 1 aliphatic rings. The summed E-state index contributed by atoms with van der Waals surface area (Å²) in [5.41, 5.74) is 0. The fourth-order valence-corrected chi connectivity index (χ4v) is 1.41. The van der Waals surface area contributed by atoms with Crippen molar-refractivity contribution in [2.24, 2.45) is 0 Å². The fourth-order valence-electron chi connectivity index (χ4n) is 1.41. The standard InChI is InChI=1S/C10H18N2O2/c1-3-10(13)14-9-8-12-6-4-11(2)5-7-12/h3H,1,4-9H2,2H3.